The lowest BCUT2D eigenvalue weighted by atomic mass is 10.7. The van der Waals surface area contributed by atoms with Gasteiger partial charge in [0.25, 0.3) is 0 Å². The van der Waals surface area contributed by atoms with Gasteiger partial charge in [0.1, 0.15) is 11.6 Å². The second-order valence-corrected chi connectivity index (χ2v) is 3.27. The molecule has 0 aromatic carbocycles. The fourth-order valence-electron chi connectivity index (χ4n) is 1.46. The maximum atomic E-state index is 11.5. The van der Waals surface area contributed by atoms with Gasteiger partial charge < -0.3 is 5.73 Å². The van der Waals surface area contributed by atoms with E-state index in [1.54, 1.807) is 48.0 Å². The van der Waals surface area contributed by atoms with Crippen LogP contribution in [0, 0.1) is 13.8 Å². The van der Waals surface area contributed by atoms with Gasteiger partial charge in [-0.1, -0.05) is 0 Å². The molecule has 0 fully saturated rings. The summed E-state index contributed by atoms with van der Waals surface area (Å²) in [7, 11) is 0. The normalized spacial score (nSPS) is 10.4. The van der Waals surface area contributed by atoms with Gasteiger partial charge in [-0.05, 0) is 13.8 Å². The number of aromatic nitrogens is 4. The summed E-state index contributed by atoms with van der Waals surface area (Å²) in [5, 5.41) is 1.25. The highest BCUT2D eigenvalue weighted by Gasteiger charge is 2.17. The van der Waals surface area contributed by atoms with Crippen molar-refractivity contribution < 1.29 is 4.79 Å². The monoisotopic (exact) mass is 220 g/mol. The van der Waals surface area contributed by atoms with Crippen molar-refractivity contribution in [3.05, 3.63) is 36.4 Å². The van der Waals surface area contributed by atoms with E-state index in [0.29, 0.717) is 11.6 Å². The Kier molecular flexibility index (Phi) is 2.35. The van der Waals surface area contributed by atoms with Crippen LogP contribution in [0.3, 0.4) is 0 Å². The molecule has 0 radical (unpaired) electrons. The lowest BCUT2D eigenvalue weighted by Crippen LogP contribution is -2.48. The standard InChI is InChI=1S/C9H12N6O/c1-7-11-3-5-13(7)15(9(10)16)14-6-4-12-8(14)2/h3-6H,1-2H3,(H2,10,16). The zero-order valence-electron chi connectivity index (χ0n) is 9.03. The Morgan fingerprint density at radius 2 is 1.62 bits per heavy atom. The number of carbonyl (C=O) groups excluding carboxylic acids is 1. The number of rotatable bonds is 2. The average Bonchev–Trinajstić information content (AvgIpc) is 2.79. The van der Waals surface area contributed by atoms with Crippen molar-refractivity contribution in [3.63, 3.8) is 0 Å². The van der Waals surface area contributed by atoms with Gasteiger partial charge in [-0.15, -0.1) is 5.12 Å². The third-order valence-electron chi connectivity index (χ3n) is 2.21. The lowest BCUT2D eigenvalue weighted by molar-refractivity contribution is 0.244. The largest absolute Gasteiger partial charge is 0.354 e. The average molecular weight is 220 g/mol. The van der Waals surface area contributed by atoms with E-state index in [2.05, 4.69) is 9.97 Å². The van der Waals surface area contributed by atoms with Crippen molar-refractivity contribution in [3.8, 4) is 0 Å². The highest BCUT2D eigenvalue weighted by molar-refractivity contribution is 5.82. The Hall–Kier alpha value is -2.31. The SMILES string of the molecule is Cc1nccn1N(C(N)=O)n1ccnc1C. The molecule has 16 heavy (non-hydrogen) atoms. The molecule has 2 heterocycles. The van der Waals surface area contributed by atoms with E-state index in [4.69, 9.17) is 5.73 Å². The molecule has 7 heteroatoms. The molecule has 84 valence electrons. The first-order valence-corrected chi connectivity index (χ1v) is 4.71. The fraction of sp³-hybridized carbons (Fsp3) is 0.222. The number of amides is 2. The predicted octanol–water partition coefficient (Wildman–Crippen LogP) is 0.176. The molecule has 2 N–H and O–H groups in total. The topological polar surface area (TPSA) is 82.0 Å². The van der Waals surface area contributed by atoms with Gasteiger partial charge in [-0.3, -0.25) is 0 Å². The van der Waals surface area contributed by atoms with Gasteiger partial charge in [0.2, 0.25) is 0 Å². The van der Waals surface area contributed by atoms with Crippen LogP contribution in [0.4, 0.5) is 4.79 Å². The summed E-state index contributed by atoms with van der Waals surface area (Å²) in [6, 6.07) is -0.609. The fourth-order valence-corrected chi connectivity index (χ4v) is 1.46. The number of carbonyl (C=O) groups is 1. The summed E-state index contributed by atoms with van der Waals surface area (Å²) in [6.07, 6.45) is 6.49. The van der Waals surface area contributed by atoms with E-state index in [9.17, 15) is 4.79 Å². The summed E-state index contributed by atoms with van der Waals surface area (Å²) < 4.78 is 3.11. The highest BCUT2D eigenvalue weighted by Crippen LogP contribution is 2.03. The Morgan fingerprint density at radius 3 is 1.88 bits per heavy atom. The van der Waals surface area contributed by atoms with E-state index in [0.717, 1.165) is 0 Å². The van der Waals surface area contributed by atoms with Crippen LogP contribution in [0.15, 0.2) is 24.8 Å². The molecule has 2 aromatic rings. The number of urea groups is 1. The van der Waals surface area contributed by atoms with Crippen molar-refractivity contribution in [2.24, 2.45) is 5.73 Å². The summed E-state index contributed by atoms with van der Waals surface area (Å²) >= 11 is 0. The molecule has 0 aliphatic heterocycles. The zero-order chi connectivity index (χ0) is 11.7. The number of imidazole rings is 2. The van der Waals surface area contributed by atoms with Crippen LogP contribution in [0.1, 0.15) is 11.6 Å². The van der Waals surface area contributed by atoms with Crippen molar-refractivity contribution in [2.75, 3.05) is 5.12 Å². The van der Waals surface area contributed by atoms with Gasteiger partial charge in [-0.2, -0.15) is 0 Å². The molecule has 0 atom stereocenters. The molecule has 0 spiro atoms. The number of hydrogen-bond donors (Lipinski definition) is 1. The van der Waals surface area contributed by atoms with Crippen LogP contribution in [0.5, 0.6) is 0 Å². The number of nitrogens with two attached hydrogens (primary N) is 1. The summed E-state index contributed by atoms with van der Waals surface area (Å²) in [5.41, 5.74) is 5.35. The number of hydrogen-bond acceptors (Lipinski definition) is 3. The first-order valence-electron chi connectivity index (χ1n) is 4.71. The Balaban J connectivity index is 2.52. The maximum Gasteiger partial charge on any atom is 0.354 e. The molecule has 2 rings (SSSR count). The molecule has 0 aliphatic rings. The minimum Gasteiger partial charge on any atom is -0.349 e. The number of aryl methyl sites for hydroxylation is 2. The van der Waals surface area contributed by atoms with Crippen molar-refractivity contribution >= 4 is 6.03 Å². The van der Waals surface area contributed by atoms with Crippen molar-refractivity contribution in [1.82, 2.24) is 19.3 Å². The van der Waals surface area contributed by atoms with Crippen LogP contribution >= 0.6 is 0 Å². The quantitative estimate of drug-likeness (QED) is 0.783. The minimum atomic E-state index is -0.609. The van der Waals surface area contributed by atoms with E-state index in [1.807, 2.05) is 0 Å². The van der Waals surface area contributed by atoms with Gasteiger partial charge >= 0.3 is 6.03 Å². The summed E-state index contributed by atoms with van der Waals surface area (Å²) in [5.74, 6) is 1.32. The molecule has 2 amide bonds. The van der Waals surface area contributed by atoms with Crippen LogP contribution in [0.25, 0.3) is 0 Å². The summed E-state index contributed by atoms with van der Waals surface area (Å²) in [4.78, 5) is 19.5. The first-order chi connectivity index (χ1) is 7.61. The first kappa shape index (κ1) is 10.2. The second kappa shape index (κ2) is 3.69. The molecular formula is C9H12N6O. The van der Waals surface area contributed by atoms with Crippen LogP contribution in [0.2, 0.25) is 0 Å². The molecule has 0 saturated heterocycles. The molecular weight excluding hydrogens is 208 g/mol. The third kappa shape index (κ3) is 1.52. The third-order valence-corrected chi connectivity index (χ3v) is 2.21. The van der Waals surface area contributed by atoms with Crippen LogP contribution in [-0.4, -0.2) is 25.4 Å². The van der Waals surface area contributed by atoms with E-state index < -0.39 is 6.03 Å². The molecule has 7 nitrogen and oxygen atoms in total. The molecule has 0 bridgehead atoms. The van der Waals surface area contributed by atoms with E-state index in [1.165, 1.54) is 5.12 Å². The number of primary amides is 1. The van der Waals surface area contributed by atoms with Crippen LogP contribution in [-0.2, 0) is 0 Å². The Labute approximate surface area is 92.1 Å². The van der Waals surface area contributed by atoms with Crippen molar-refractivity contribution in [2.45, 2.75) is 13.8 Å². The smallest absolute Gasteiger partial charge is 0.349 e. The van der Waals surface area contributed by atoms with Gasteiger partial charge in [0.05, 0.1) is 0 Å². The van der Waals surface area contributed by atoms with Crippen molar-refractivity contribution in [1.29, 1.82) is 0 Å². The molecule has 0 saturated carbocycles. The van der Waals surface area contributed by atoms with Gasteiger partial charge in [-0.25, -0.2) is 24.1 Å². The van der Waals surface area contributed by atoms with E-state index >= 15 is 0 Å². The van der Waals surface area contributed by atoms with Crippen LogP contribution < -0.4 is 10.9 Å². The predicted molar refractivity (Wildman–Crippen MR) is 57.1 cm³/mol. The highest BCUT2D eigenvalue weighted by atomic mass is 16.2. The van der Waals surface area contributed by atoms with Gasteiger partial charge in [0, 0.05) is 24.8 Å². The Morgan fingerprint density at radius 1 is 1.19 bits per heavy atom. The summed E-state index contributed by atoms with van der Waals surface area (Å²) in [6.45, 7) is 3.56. The van der Waals surface area contributed by atoms with Gasteiger partial charge in [0.15, 0.2) is 0 Å². The lowest BCUT2D eigenvalue weighted by Gasteiger charge is -2.23. The Bertz CT molecular complexity index is 473. The molecule has 0 unspecified atom stereocenters. The second-order valence-electron chi connectivity index (χ2n) is 3.27. The molecule has 0 aliphatic carbocycles. The minimum absolute atomic E-state index is 0.609. The number of nitrogens with zero attached hydrogens (tertiary/aromatic N) is 5. The van der Waals surface area contributed by atoms with E-state index in [-0.39, 0.29) is 0 Å². The maximum absolute atomic E-state index is 11.5. The molecule has 2 aromatic heterocycles. The zero-order valence-corrected chi connectivity index (χ0v) is 9.03.